The number of rotatable bonds is 15. The number of aliphatic hydroxyl groups excluding tert-OH is 1. The molecule has 2 N–H and O–H groups in total. The maximum Gasteiger partial charge on any atom is 0.252 e. The van der Waals surface area contributed by atoms with E-state index in [9.17, 15) is 10.3 Å². The highest BCUT2D eigenvalue weighted by molar-refractivity contribution is 9.10. The van der Waals surface area contributed by atoms with Crippen molar-refractivity contribution < 1.29 is 28.8 Å². The topological polar surface area (TPSA) is 147 Å². The number of azide groups is 1. The number of hydrogen-bond acceptors (Lipinski definition) is 8. The van der Waals surface area contributed by atoms with E-state index in [2.05, 4.69) is 31.3 Å². The van der Waals surface area contributed by atoms with Gasteiger partial charge in [0.25, 0.3) is 5.91 Å². The number of benzene rings is 4. The maximum atomic E-state index is 14.6. The smallest absolute Gasteiger partial charge is 0.252 e. The average molecular weight is 715 g/mol. The Morgan fingerprint density at radius 3 is 2.50 bits per heavy atom. The second kappa shape index (κ2) is 16.2. The van der Waals surface area contributed by atoms with Crippen LogP contribution in [0, 0.1) is 0 Å². The molecule has 0 bridgehead atoms. The fourth-order valence-corrected chi connectivity index (χ4v) is 5.79. The first kappa shape index (κ1) is 34.3. The van der Waals surface area contributed by atoms with Crippen LogP contribution in [0.15, 0.2) is 106 Å². The number of aliphatic imine (C=N–C) groups is 1. The molecule has 248 valence electrons. The van der Waals surface area contributed by atoms with Crippen LogP contribution in [0.25, 0.3) is 10.4 Å². The van der Waals surface area contributed by atoms with E-state index in [1.54, 1.807) is 38.5 Å². The summed E-state index contributed by atoms with van der Waals surface area (Å²) in [4.78, 5) is 22.7. The minimum Gasteiger partial charge on any atom is -0.494 e. The number of amides is 1. The third-order valence-electron chi connectivity index (χ3n) is 7.95. The second-order valence-electron chi connectivity index (χ2n) is 11.0. The number of carbonyl (C=O) groups is 1. The number of nitrogens with zero attached hydrogens (tertiary/aromatic N) is 4. The van der Waals surface area contributed by atoms with Gasteiger partial charge in [-0.05, 0) is 77.2 Å². The molecule has 0 saturated heterocycles. The Labute approximate surface area is 287 Å². The highest BCUT2D eigenvalue weighted by Gasteiger charge is 2.53. The van der Waals surface area contributed by atoms with E-state index in [0.29, 0.717) is 66.0 Å². The molecule has 1 heterocycles. The quantitative estimate of drug-likeness (QED) is 0.0585. The monoisotopic (exact) mass is 713 g/mol. The second-order valence-corrected chi connectivity index (χ2v) is 11.9. The van der Waals surface area contributed by atoms with Crippen molar-refractivity contribution in [3.8, 4) is 17.2 Å². The van der Waals surface area contributed by atoms with Gasteiger partial charge in [-0.15, -0.1) is 0 Å². The minimum absolute atomic E-state index is 0.0431. The Morgan fingerprint density at radius 1 is 1.04 bits per heavy atom. The van der Waals surface area contributed by atoms with Crippen LogP contribution in [0.2, 0.25) is 0 Å². The number of methoxy groups -OCH3 is 2. The average Bonchev–Trinajstić information content (AvgIpc) is 3.50. The molecule has 48 heavy (non-hydrogen) atoms. The van der Waals surface area contributed by atoms with E-state index in [0.717, 1.165) is 15.6 Å². The molecule has 0 radical (unpaired) electrons. The van der Waals surface area contributed by atoms with Gasteiger partial charge >= 0.3 is 0 Å². The van der Waals surface area contributed by atoms with Gasteiger partial charge < -0.3 is 29.4 Å². The van der Waals surface area contributed by atoms with Gasteiger partial charge in [0.2, 0.25) is 5.90 Å². The van der Waals surface area contributed by atoms with Crippen LogP contribution in [0.4, 0.5) is 5.69 Å². The number of carbonyl (C=O) groups excluding carboxylic acids is 1. The Hall–Kier alpha value is -5.03. The lowest BCUT2D eigenvalue weighted by atomic mass is 9.81. The van der Waals surface area contributed by atoms with Gasteiger partial charge in [-0.2, -0.15) is 0 Å². The molecule has 4 aromatic rings. The standard InChI is InChI=1S/C36H36BrN5O6/c1-45-31-17-8-24(22-32(31)46-2)18-19-39-35(44)36(23-27-6-3-4-7-30(27)41-42-38)33(25-9-13-28(37)14-10-25)48-34(40-36)26-11-15-29(16-12-26)47-21-5-20-43/h3-4,6-17,22,33,43H,5,18-21,23H2,1-2H3,(H,39,44)/t33-,36-/m1/s1. The van der Waals surface area contributed by atoms with Crippen LogP contribution in [-0.2, 0) is 22.4 Å². The Bertz CT molecular complexity index is 1790. The fraction of sp³-hybridized carbons (Fsp3) is 0.278. The van der Waals surface area contributed by atoms with Crippen molar-refractivity contribution in [2.75, 3.05) is 34.0 Å². The molecule has 1 aliphatic heterocycles. The number of hydrogen-bond donors (Lipinski definition) is 2. The van der Waals surface area contributed by atoms with Crippen molar-refractivity contribution in [1.29, 1.82) is 0 Å². The third-order valence-corrected chi connectivity index (χ3v) is 8.48. The molecule has 2 atom stereocenters. The number of ether oxygens (including phenoxy) is 4. The van der Waals surface area contributed by atoms with E-state index in [1.807, 2.05) is 66.7 Å². The van der Waals surface area contributed by atoms with Crippen LogP contribution >= 0.6 is 15.9 Å². The molecule has 1 amide bonds. The van der Waals surface area contributed by atoms with Crippen molar-refractivity contribution >= 4 is 33.4 Å². The molecular formula is C36H36BrN5O6. The van der Waals surface area contributed by atoms with Crippen molar-refractivity contribution in [2.24, 2.45) is 10.1 Å². The van der Waals surface area contributed by atoms with Gasteiger partial charge in [0.15, 0.2) is 23.1 Å². The molecule has 11 nitrogen and oxygen atoms in total. The van der Waals surface area contributed by atoms with Crippen molar-refractivity contribution in [3.05, 3.63) is 128 Å². The van der Waals surface area contributed by atoms with Crippen LogP contribution in [-0.4, -0.2) is 56.4 Å². The predicted octanol–water partition coefficient (Wildman–Crippen LogP) is 7.03. The van der Waals surface area contributed by atoms with Crippen LogP contribution in [0.5, 0.6) is 17.2 Å². The van der Waals surface area contributed by atoms with Crippen molar-refractivity contribution in [1.82, 2.24) is 5.32 Å². The van der Waals surface area contributed by atoms with Gasteiger partial charge in [0.05, 0.1) is 20.8 Å². The summed E-state index contributed by atoms with van der Waals surface area (Å²) >= 11 is 3.51. The minimum atomic E-state index is -1.47. The van der Waals surface area contributed by atoms with Crippen molar-refractivity contribution in [2.45, 2.75) is 30.9 Å². The summed E-state index contributed by atoms with van der Waals surface area (Å²) < 4.78 is 24.0. The molecule has 0 saturated carbocycles. The van der Waals surface area contributed by atoms with E-state index in [4.69, 9.17) is 29.0 Å². The number of aliphatic hydroxyl groups is 1. The summed E-state index contributed by atoms with van der Waals surface area (Å²) in [5.74, 6) is 1.81. The molecule has 0 spiro atoms. The Balaban J connectivity index is 1.54. The van der Waals surface area contributed by atoms with E-state index in [1.165, 1.54) is 0 Å². The first-order valence-electron chi connectivity index (χ1n) is 15.4. The molecule has 0 unspecified atom stereocenters. The maximum absolute atomic E-state index is 14.6. The first-order valence-corrected chi connectivity index (χ1v) is 16.2. The van der Waals surface area contributed by atoms with Gasteiger partial charge in [-0.3, -0.25) is 4.79 Å². The van der Waals surface area contributed by atoms with E-state index in [-0.39, 0.29) is 18.9 Å². The zero-order chi connectivity index (χ0) is 33.9. The summed E-state index contributed by atoms with van der Waals surface area (Å²) in [6, 6.07) is 27.6. The zero-order valence-electron chi connectivity index (χ0n) is 26.6. The normalized spacial score (nSPS) is 16.7. The largest absolute Gasteiger partial charge is 0.494 e. The highest BCUT2D eigenvalue weighted by atomic mass is 79.9. The molecule has 0 aliphatic carbocycles. The molecule has 12 heteroatoms. The first-order chi connectivity index (χ1) is 23.4. The SMILES string of the molecule is COc1ccc(CCNC(=O)[C@]2(Cc3ccccc3N=[N+]=[N-])N=C(c3ccc(OCCCO)cc3)O[C@@H]2c2ccc(Br)cc2)cc1OC. The molecule has 0 fully saturated rings. The fourth-order valence-electron chi connectivity index (χ4n) is 5.53. The molecule has 1 aliphatic rings. The molecule has 5 rings (SSSR count). The van der Waals surface area contributed by atoms with Crippen LogP contribution in [0.1, 0.15) is 34.8 Å². The molecule has 0 aromatic heterocycles. The van der Waals surface area contributed by atoms with Gasteiger partial charge in [0, 0.05) is 46.6 Å². The summed E-state index contributed by atoms with van der Waals surface area (Å²) in [7, 11) is 3.16. The molecule has 4 aromatic carbocycles. The Kier molecular flexibility index (Phi) is 11.6. The number of halogens is 1. The van der Waals surface area contributed by atoms with Crippen LogP contribution < -0.4 is 19.5 Å². The van der Waals surface area contributed by atoms with Gasteiger partial charge in [0.1, 0.15) is 5.75 Å². The predicted molar refractivity (Wildman–Crippen MR) is 186 cm³/mol. The van der Waals surface area contributed by atoms with Crippen molar-refractivity contribution in [3.63, 3.8) is 0 Å². The lowest BCUT2D eigenvalue weighted by Gasteiger charge is -2.31. The molecular weight excluding hydrogens is 678 g/mol. The summed E-state index contributed by atoms with van der Waals surface area (Å²) in [6.45, 7) is 0.739. The lowest BCUT2D eigenvalue weighted by Crippen LogP contribution is -2.50. The van der Waals surface area contributed by atoms with Gasteiger partial charge in [-0.25, -0.2) is 4.99 Å². The Morgan fingerprint density at radius 2 is 1.79 bits per heavy atom. The van der Waals surface area contributed by atoms with Gasteiger partial charge in [-0.1, -0.05) is 63.5 Å². The lowest BCUT2D eigenvalue weighted by molar-refractivity contribution is -0.128. The highest BCUT2D eigenvalue weighted by Crippen LogP contribution is 2.44. The number of nitrogens with one attached hydrogen (secondary N) is 1. The third kappa shape index (κ3) is 7.91. The summed E-state index contributed by atoms with van der Waals surface area (Å²) in [5, 5.41) is 16.1. The summed E-state index contributed by atoms with van der Waals surface area (Å²) in [5.41, 5.74) is 11.2. The van der Waals surface area contributed by atoms with E-state index < -0.39 is 11.6 Å². The van der Waals surface area contributed by atoms with E-state index >= 15 is 0 Å². The van der Waals surface area contributed by atoms with Crippen LogP contribution in [0.3, 0.4) is 0 Å². The summed E-state index contributed by atoms with van der Waals surface area (Å²) in [6.07, 6.45) is 0.321. The zero-order valence-corrected chi connectivity index (χ0v) is 28.2.